The lowest BCUT2D eigenvalue weighted by atomic mass is 10.2. The van der Waals surface area contributed by atoms with E-state index >= 15 is 0 Å². The molecule has 1 saturated heterocycles. The molecular weight excluding hydrogens is 212 g/mol. The zero-order valence-corrected chi connectivity index (χ0v) is 10.8. The van der Waals surface area contributed by atoms with Crippen LogP contribution in [0.15, 0.2) is 18.3 Å². The van der Waals surface area contributed by atoms with E-state index in [1.54, 1.807) is 0 Å². The van der Waals surface area contributed by atoms with E-state index in [1.807, 2.05) is 19.2 Å². The lowest BCUT2D eigenvalue weighted by Gasteiger charge is -2.35. The van der Waals surface area contributed by atoms with Crippen molar-refractivity contribution in [1.82, 2.24) is 9.88 Å². The average molecular weight is 234 g/mol. The highest BCUT2D eigenvalue weighted by Gasteiger charge is 2.16. The summed E-state index contributed by atoms with van der Waals surface area (Å²) in [6.07, 6.45) is 1.94. The third-order valence-corrected chi connectivity index (χ3v) is 3.42. The van der Waals surface area contributed by atoms with Crippen molar-refractivity contribution in [1.29, 1.82) is 0 Å². The first-order valence-electron chi connectivity index (χ1n) is 6.39. The van der Waals surface area contributed by atoms with Crippen LogP contribution in [0.5, 0.6) is 0 Å². The standard InChI is InChI=1S/C13H22N4/c1-3-16-6-8-17(9-7-16)12-4-5-13(11(2)14)15-10-12/h4-5,10-11H,3,6-9,14H2,1-2H3. The lowest BCUT2D eigenvalue weighted by molar-refractivity contribution is 0.271. The fourth-order valence-corrected chi connectivity index (χ4v) is 2.18. The van der Waals surface area contributed by atoms with Gasteiger partial charge >= 0.3 is 0 Å². The van der Waals surface area contributed by atoms with Gasteiger partial charge in [0, 0.05) is 32.2 Å². The van der Waals surface area contributed by atoms with Crippen LogP contribution < -0.4 is 10.6 Å². The van der Waals surface area contributed by atoms with Gasteiger partial charge in [0.25, 0.3) is 0 Å². The topological polar surface area (TPSA) is 45.4 Å². The molecule has 4 heteroatoms. The molecule has 0 aromatic carbocycles. The molecule has 0 amide bonds. The number of likely N-dealkylation sites (N-methyl/N-ethyl adjacent to an activating group) is 1. The molecule has 0 radical (unpaired) electrons. The second-order valence-electron chi connectivity index (χ2n) is 4.65. The molecule has 17 heavy (non-hydrogen) atoms. The van der Waals surface area contributed by atoms with Gasteiger partial charge in [-0.1, -0.05) is 6.92 Å². The summed E-state index contributed by atoms with van der Waals surface area (Å²) in [5.41, 5.74) is 7.97. The number of rotatable bonds is 3. The highest BCUT2D eigenvalue weighted by atomic mass is 15.3. The molecule has 1 aliphatic heterocycles. The van der Waals surface area contributed by atoms with E-state index in [4.69, 9.17) is 5.73 Å². The highest BCUT2D eigenvalue weighted by molar-refractivity contribution is 5.45. The molecule has 2 heterocycles. The summed E-state index contributed by atoms with van der Waals surface area (Å²) in [5, 5.41) is 0. The van der Waals surface area contributed by atoms with Crippen molar-refractivity contribution in [2.24, 2.45) is 5.73 Å². The van der Waals surface area contributed by atoms with E-state index in [9.17, 15) is 0 Å². The monoisotopic (exact) mass is 234 g/mol. The van der Waals surface area contributed by atoms with Crippen LogP contribution in [-0.4, -0.2) is 42.6 Å². The molecule has 0 spiro atoms. The number of piperazine rings is 1. The molecule has 1 aromatic heterocycles. The Balaban J connectivity index is 1.99. The molecule has 0 aliphatic carbocycles. The van der Waals surface area contributed by atoms with Gasteiger partial charge in [-0.3, -0.25) is 4.98 Å². The SMILES string of the molecule is CCN1CCN(c2ccc(C(C)N)nc2)CC1. The number of nitrogens with two attached hydrogens (primary N) is 1. The van der Waals surface area contributed by atoms with Crippen molar-refractivity contribution in [2.75, 3.05) is 37.6 Å². The highest BCUT2D eigenvalue weighted by Crippen LogP contribution is 2.17. The Bertz CT molecular complexity index is 339. The van der Waals surface area contributed by atoms with Crippen LogP contribution in [0, 0.1) is 0 Å². The fraction of sp³-hybridized carbons (Fsp3) is 0.615. The molecular formula is C13H22N4. The second-order valence-corrected chi connectivity index (χ2v) is 4.65. The van der Waals surface area contributed by atoms with E-state index in [0.29, 0.717) is 0 Å². The lowest BCUT2D eigenvalue weighted by Crippen LogP contribution is -2.46. The summed E-state index contributed by atoms with van der Waals surface area (Å²) < 4.78 is 0. The minimum absolute atomic E-state index is 0.0148. The minimum atomic E-state index is 0.0148. The van der Waals surface area contributed by atoms with Gasteiger partial charge in [-0.15, -0.1) is 0 Å². The smallest absolute Gasteiger partial charge is 0.0569 e. The Morgan fingerprint density at radius 2 is 2.00 bits per heavy atom. The van der Waals surface area contributed by atoms with Gasteiger partial charge in [-0.2, -0.15) is 0 Å². The van der Waals surface area contributed by atoms with Crippen LogP contribution in [-0.2, 0) is 0 Å². The van der Waals surface area contributed by atoms with Crippen LogP contribution in [0.4, 0.5) is 5.69 Å². The molecule has 1 fully saturated rings. The Labute approximate surface area is 103 Å². The van der Waals surface area contributed by atoms with Gasteiger partial charge in [0.15, 0.2) is 0 Å². The first-order chi connectivity index (χ1) is 8.20. The molecule has 1 aromatic rings. The van der Waals surface area contributed by atoms with Gasteiger partial charge in [0.2, 0.25) is 0 Å². The molecule has 2 rings (SSSR count). The Morgan fingerprint density at radius 3 is 2.47 bits per heavy atom. The van der Waals surface area contributed by atoms with E-state index in [1.165, 1.54) is 5.69 Å². The van der Waals surface area contributed by atoms with Crippen LogP contribution in [0.1, 0.15) is 25.6 Å². The van der Waals surface area contributed by atoms with Gasteiger partial charge in [0.1, 0.15) is 0 Å². The maximum atomic E-state index is 5.80. The normalized spacial score (nSPS) is 19.4. The minimum Gasteiger partial charge on any atom is -0.368 e. The number of aromatic nitrogens is 1. The van der Waals surface area contributed by atoms with Crippen molar-refractivity contribution in [3.8, 4) is 0 Å². The zero-order chi connectivity index (χ0) is 12.3. The molecule has 0 bridgehead atoms. The van der Waals surface area contributed by atoms with Gasteiger partial charge in [-0.25, -0.2) is 0 Å². The number of hydrogen-bond acceptors (Lipinski definition) is 4. The molecule has 1 unspecified atom stereocenters. The molecule has 0 saturated carbocycles. The van der Waals surface area contributed by atoms with Crippen LogP contribution in [0.3, 0.4) is 0 Å². The summed E-state index contributed by atoms with van der Waals surface area (Å²) >= 11 is 0. The van der Waals surface area contributed by atoms with Crippen LogP contribution >= 0.6 is 0 Å². The predicted octanol–water partition coefficient (Wildman–Crippen LogP) is 1.24. The summed E-state index contributed by atoms with van der Waals surface area (Å²) in [6.45, 7) is 9.80. The van der Waals surface area contributed by atoms with Crippen LogP contribution in [0.2, 0.25) is 0 Å². The van der Waals surface area contributed by atoms with Crippen LogP contribution in [0.25, 0.3) is 0 Å². The van der Waals surface area contributed by atoms with Gasteiger partial charge in [0.05, 0.1) is 17.6 Å². The maximum Gasteiger partial charge on any atom is 0.0569 e. The van der Waals surface area contributed by atoms with Crippen molar-refractivity contribution in [2.45, 2.75) is 19.9 Å². The third kappa shape index (κ3) is 2.96. The summed E-state index contributed by atoms with van der Waals surface area (Å²) in [6, 6.07) is 4.18. The molecule has 4 nitrogen and oxygen atoms in total. The maximum absolute atomic E-state index is 5.80. The first-order valence-corrected chi connectivity index (χ1v) is 6.39. The number of pyridine rings is 1. The molecule has 2 N–H and O–H groups in total. The number of nitrogens with zero attached hydrogens (tertiary/aromatic N) is 3. The summed E-state index contributed by atoms with van der Waals surface area (Å²) in [4.78, 5) is 9.28. The molecule has 1 atom stereocenters. The number of anilines is 1. The Hall–Kier alpha value is -1.13. The van der Waals surface area contributed by atoms with E-state index in [2.05, 4.69) is 27.8 Å². The average Bonchev–Trinajstić information content (AvgIpc) is 2.39. The summed E-state index contributed by atoms with van der Waals surface area (Å²) in [7, 11) is 0. The molecule has 1 aliphatic rings. The van der Waals surface area contributed by atoms with E-state index < -0.39 is 0 Å². The van der Waals surface area contributed by atoms with E-state index in [-0.39, 0.29) is 6.04 Å². The fourth-order valence-electron chi connectivity index (χ4n) is 2.18. The Kier molecular flexibility index (Phi) is 3.97. The van der Waals surface area contributed by atoms with Crippen molar-refractivity contribution in [3.05, 3.63) is 24.0 Å². The zero-order valence-electron chi connectivity index (χ0n) is 10.8. The largest absolute Gasteiger partial charge is 0.368 e. The van der Waals surface area contributed by atoms with Gasteiger partial charge in [-0.05, 0) is 25.6 Å². The Morgan fingerprint density at radius 1 is 1.29 bits per heavy atom. The molecule has 94 valence electrons. The van der Waals surface area contributed by atoms with Crippen molar-refractivity contribution < 1.29 is 0 Å². The predicted molar refractivity (Wildman–Crippen MR) is 71.2 cm³/mol. The van der Waals surface area contributed by atoms with Crippen molar-refractivity contribution in [3.63, 3.8) is 0 Å². The van der Waals surface area contributed by atoms with Gasteiger partial charge < -0.3 is 15.5 Å². The second kappa shape index (κ2) is 5.47. The third-order valence-electron chi connectivity index (χ3n) is 3.42. The van der Waals surface area contributed by atoms with Crippen molar-refractivity contribution >= 4 is 5.69 Å². The van der Waals surface area contributed by atoms with E-state index in [0.717, 1.165) is 38.4 Å². The first kappa shape index (κ1) is 12.3. The number of hydrogen-bond donors (Lipinski definition) is 1. The quantitative estimate of drug-likeness (QED) is 0.855. The summed E-state index contributed by atoms with van der Waals surface area (Å²) in [5.74, 6) is 0.